The predicted molar refractivity (Wildman–Crippen MR) is 67.0 cm³/mol. The molecule has 1 aromatic rings. The van der Waals surface area contributed by atoms with Crippen molar-refractivity contribution in [3.63, 3.8) is 0 Å². The van der Waals surface area contributed by atoms with E-state index in [1.54, 1.807) is 6.20 Å². The molecule has 2 aliphatic rings. The van der Waals surface area contributed by atoms with Crippen LogP contribution in [0.25, 0.3) is 0 Å². The van der Waals surface area contributed by atoms with E-state index < -0.39 is 5.41 Å². The number of pyridine rings is 1. The maximum absolute atomic E-state index is 12.6. The van der Waals surface area contributed by atoms with Gasteiger partial charge in [0.15, 0.2) is 0 Å². The lowest BCUT2D eigenvalue weighted by atomic mass is 9.84. The van der Waals surface area contributed by atoms with Crippen LogP contribution in [0, 0.1) is 12.3 Å². The number of amides is 2. The highest BCUT2D eigenvalue weighted by Crippen LogP contribution is 2.47. The minimum absolute atomic E-state index is 0.0354. The second-order valence-corrected chi connectivity index (χ2v) is 5.34. The van der Waals surface area contributed by atoms with Gasteiger partial charge in [-0.15, -0.1) is 0 Å². The molecule has 18 heavy (non-hydrogen) atoms. The molecule has 2 heterocycles. The first-order chi connectivity index (χ1) is 8.64. The lowest BCUT2D eigenvalue weighted by Gasteiger charge is -2.21. The van der Waals surface area contributed by atoms with E-state index in [0.717, 1.165) is 31.2 Å². The van der Waals surface area contributed by atoms with Crippen molar-refractivity contribution in [2.24, 2.45) is 5.41 Å². The number of hydrogen-bond donors (Lipinski definition) is 0. The zero-order chi connectivity index (χ0) is 12.8. The molecule has 1 spiro atoms. The van der Waals surface area contributed by atoms with Crippen LogP contribution >= 0.6 is 0 Å². The van der Waals surface area contributed by atoms with Crippen LogP contribution in [0.2, 0.25) is 0 Å². The summed E-state index contributed by atoms with van der Waals surface area (Å²) in [5.41, 5.74) is 0.454. The molecule has 1 aliphatic heterocycles. The Labute approximate surface area is 106 Å². The van der Waals surface area contributed by atoms with E-state index in [2.05, 4.69) is 4.98 Å². The Morgan fingerprint density at radius 3 is 2.67 bits per heavy atom. The molecule has 0 N–H and O–H groups in total. The van der Waals surface area contributed by atoms with Gasteiger partial charge in [0.2, 0.25) is 11.8 Å². The molecule has 0 atom stereocenters. The molecule has 0 aromatic carbocycles. The number of nitrogens with zero attached hydrogens (tertiary/aromatic N) is 2. The number of aromatic nitrogens is 1. The molecule has 4 heteroatoms. The Kier molecular flexibility index (Phi) is 2.47. The van der Waals surface area contributed by atoms with Gasteiger partial charge in [0, 0.05) is 12.6 Å². The third-order valence-corrected chi connectivity index (χ3v) is 4.15. The molecular formula is C14H16N2O2. The fraction of sp³-hybridized carbons (Fsp3) is 0.500. The zero-order valence-corrected chi connectivity index (χ0v) is 10.5. The lowest BCUT2D eigenvalue weighted by Crippen LogP contribution is -2.35. The van der Waals surface area contributed by atoms with Gasteiger partial charge < -0.3 is 0 Å². The normalized spacial score (nSPS) is 22.2. The molecule has 2 fully saturated rings. The average molecular weight is 244 g/mol. The maximum Gasteiger partial charge on any atom is 0.241 e. The first-order valence-corrected chi connectivity index (χ1v) is 6.43. The van der Waals surface area contributed by atoms with Crippen molar-refractivity contribution in [2.75, 3.05) is 4.90 Å². The molecule has 1 aromatic heterocycles. The van der Waals surface area contributed by atoms with Gasteiger partial charge in [-0.05, 0) is 31.4 Å². The van der Waals surface area contributed by atoms with E-state index in [9.17, 15) is 9.59 Å². The van der Waals surface area contributed by atoms with Gasteiger partial charge in [-0.1, -0.05) is 18.9 Å². The van der Waals surface area contributed by atoms with Crippen LogP contribution in [0.1, 0.15) is 37.7 Å². The van der Waals surface area contributed by atoms with Crippen molar-refractivity contribution in [1.29, 1.82) is 0 Å². The Morgan fingerprint density at radius 2 is 2.00 bits per heavy atom. The van der Waals surface area contributed by atoms with Crippen molar-refractivity contribution in [3.8, 4) is 0 Å². The summed E-state index contributed by atoms with van der Waals surface area (Å²) in [6, 6.07) is 3.69. The minimum Gasteiger partial charge on any atom is -0.274 e. The molecule has 2 amide bonds. The van der Waals surface area contributed by atoms with Crippen LogP contribution in [0.3, 0.4) is 0 Å². The fourth-order valence-corrected chi connectivity index (χ4v) is 3.16. The van der Waals surface area contributed by atoms with Crippen LogP contribution in [0.5, 0.6) is 0 Å². The third kappa shape index (κ3) is 1.48. The molecule has 0 bridgehead atoms. The van der Waals surface area contributed by atoms with Gasteiger partial charge in [-0.2, -0.15) is 0 Å². The van der Waals surface area contributed by atoms with E-state index in [1.807, 2.05) is 19.1 Å². The highest BCUT2D eigenvalue weighted by atomic mass is 16.2. The smallest absolute Gasteiger partial charge is 0.241 e. The van der Waals surface area contributed by atoms with Crippen molar-refractivity contribution in [3.05, 3.63) is 23.9 Å². The number of anilines is 1. The SMILES string of the molecule is Cc1cccnc1N1C(=O)CC2(CCCC2)C1=O. The van der Waals surface area contributed by atoms with Crippen molar-refractivity contribution < 1.29 is 9.59 Å². The van der Waals surface area contributed by atoms with E-state index in [1.165, 1.54) is 4.90 Å². The molecule has 3 rings (SSSR count). The van der Waals surface area contributed by atoms with Crippen LogP contribution in [-0.2, 0) is 9.59 Å². The highest BCUT2D eigenvalue weighted by Gasteiger charge is 2.53. The summed E-state index contributed by atoms with van der Waals surface area (Å²) in [7, 11) is 0. The topological polar surface area (TPSA) is 50.3 Å². The second kappa shape index (κ2) is 3.90. The van der Waals surface area contributed by atoms with Crippen LogP contribution < -0.4 is 4.90 Å². The predicted octanol–water partition coefficient (Wildman–Crippen LogP) is 2.21. The average Bonchev–Trinajstić information content (AvgIpc) is 2.89. The lowest BCUT2D eigenvalue weighted by molar-refractivity contribution is -0.125. The van der Waals surface area contributed by atoms with E-state index in [4.69, 9.17) is 0 Å². The second-order valence-electron chi connectivity index (χ2n) is 5.34. The molecule has 1 saturated carbocycles. The molecule has 94 valence electrons. The maximum atomic E-state index is 12.6. The summed E-state index contributed by atoms with van der Waals surface area (Å²) >= 11 is 0. The Hall–Kier alpha value is -1.71. The zero-order valence-electron chi connectivity index (χ0n) is 10.5. The molecule has 0 unspecified atom stereocenters. The number of aryl methyl sites for hydroxylation is 1. The van der Waals surface area contributed by atoms with E-state index in [0.29, 0.717) is 12.2 Å². The van der Waals surface area contributed by atoms with Crippen LogP contribution in [0.15, 0.2) is 18.3 Å². The van der Waals surface area contributed by atoms with Gasteiger partial charge in [0.25, 0.3) is 0 Å². The number of rotatable bonds is 1. The molecule has 4 nitrogen and oxygen atoms in total. The third-order valence-electron chi connectivity index (χ3n) is 4.15. The quantitative estimate of drug-likeness (QED) is 0.712. The largest absolute Gasteiger partial charge is 0.274 e. The molecule has 1 saturated heterocycles. The molecular weight excluding hydrogens is 228 g/mol. The first kappa shape index (κ1) is 11.4. The molecule has 1 aliphatic carbocycles. The van der Waals surface area contributed by atoms with Crippen LogP contribution in [0.4, 0.5) is 5.82 Å². The number of carbonyl (C=O) groups excluding carboxylic acids is 2. The first-order valence-electron chi connectivity index (χ1n) is 6.43. The monoisotopic (exact) mass is 244 g/mol. The van der Waals surface area contributed by atoms with Gasteiger partial charge in [-0.3, -0.25) is 9.59 Å². The Balaban J connectivity index is 2.01. The summed E-state index contributed by atoms with van der Waals surface area (Å²) in [6.07, 6.45) is 5.78. The number of hydrogen-bond acceptors (Lipinski definition) is 3. The van der Waals surface area contributed by atoms with Crippen molar-refractivity contribution in [2.45, 2.75) is 39.0 Å². The van der Waals surface area contributed by atoms with Crippen molar-refractivity contribution >= 4 is 17.6 Å². The summed E-state index contributed by atoms with van der Waals surface area (Å²) in [4.78, 5) is 30.2. The van der Waals surface area contributed by atoms with E-state index >= 15 is 0 Å². The van der Waals surface area contributed by atoms with Gasteiger partial charge in [0.05, 0.1) is 5.41 Å². The number of imide groups is 1. The summed E-state index contributed by atoms with van der Waals surface area (Å²) in [5.74, 6) is 0.381. The standard InChI is InChI=1S/C14H16N2O2/c1-10-5-4-8-15-12(10)16-11(17)9-14(13(16)18)6-2-3-7-14/h4-5,8H,2-3,6-7,9H2,1H3. The Bertz CT molecular complexity index is 518. The van der Waals surface area contributed by atoms with Gasteiger partial charge in [-0.25, -0.2) is 9.88 Å². The molecule has 0 radical (unpaired) electrons. The number of carbonyl (C=O) groups is 2. The van der Waals surface area contributed by atoms with Crippen LogP contribution in [-0.4, -0.2) is 16.8 Å². The minimum atomic E-state index is -0.416. The van der Waals surface area contributed by atoms with Gasteiger partial charge >= 0.3 is 0 Å². The highest BCUT2D eigenvalue weighted by molar-refractivity contribution is 6.22. The summed E-state index contributed by atoms with van der Waals surface area (Å²) in [5, 5.41) is 0. The summed E-state index contributed by atoms with van der Waals surface area (Å²) in [6.45, 7) is 1.88. The van der Waals surface area contributed by atoms with Crippen molar-refractivity contribution in [1.82, 2.24) is 4.98 Å². The van der Waals surface area contributed by atoms with Gasteiger partial charge in [0.1, 0.15) is 5.82 Å². The fourth-order valence-electron chi connectivity index (χ4n) is 3.16. The summed E-state index contributed by atoms with van der Waals surface area (Å²) < 4.78 is 0. The Morgan fingerprint density at radius 1 is 1.28 bits per heavy atom. The van der Waals surface area contributed by atoms with E-state index in [-0.39, 0.29) is 11.8 Å².